The molecule has 6 nitrogen and oxygen atoms in total. The summed E-state index contributed by atoms with van der Waals surface area (Å²) in [6.07, 6.45) is -3.09. The van der Waals surface area contributed by atoms with Crippen molar-refractivity contribution in [1.82, 2.24) is 4.90 Å². The second-order valence-electron chi connectivity index (χ2n) is 5.22. The summed E-state index contributed by atoms with van der Waals surface area (Å²) in [5.41, 5.74) is -0.583. The Morgan fingerprint density at radius 3 is 2.35 bits per heavy atom. The van der Waals surface area contributed by atoms with E-state index in [1.807, 2.05) is 0 Å². The van der Waals surface area contributed by atoms with E-state index in [0.29, 0.717) is 0 Å². The van der Waals surface area contributed by atoms with Crippen LogP contribution >= 0.6 is 0 Å². The molecule has 0 aliphatic carbocycles. The van der Waals surface area contributed by atoms with Gasteiger partial charge in [-0.1, -0.05) is 0 Å². The number of carbonyl (C=O) groups excluding carboxylic acids is 1. The van der Waals surface area contributed by atoms with Gasteiger partial charge in [0.05, 0.1) is 13.1 Å². The van der Waals surface area contributed by atoms with Gasteiger partial charge >= 0.3 is 6.09 Å². The van der Waals surface area contributed by atoms with Gasteiger partial charge in [0, 0.05) is 7.11 Å². The molecule has 1 heterocycles. The fraction of sp³-hybridized carbons (Fsp3) is 0.909. The first-order chi connectivity index (χ1) is 7.74. The van der Waals surface area contributed by atoms with Crippen molar-refractivity contribution in [2.24, 2.45) is 0 Å². The van der Waals surface area contributed by atoms with E-state index < -0.39 is 30.0 Å². The Morgan fingerprint density at radius 1 is 1.29 bits per heavy atom. The Morgan fingerprint density at radius 2 is 1.88 bits per heavy atom. The van der Waals surface area contributed by atoms with Crippen molar-refractivity contribution in [2.75, 3.05) is 20.2 Å². The summed E-state index contributed by atoms with van der Waals surface area (Å²) in [5.74, 6) is 0. The van der Waals surface area contributed by atoms with E-state index in [2.05, 4.69) is 0 Å². The predicted octanol–water partition coefficient (Wildman–Crippen LogP) is -0.0261. The zero-order valence-electron chi connectivity index (χ0n) is 10.7. The van der Waals surface area contributed by atoms with Crippen molar-refractivity contribution in [3.8, 4) is 0 Å². The number of aliphatic hydroxyl groups is 2. The number of amides is 1. The number of likely N-dealkylation sites (tertiary alicyclic amines) is 1. The van der Waals surface area contributed by atoms with Gasteiger partial charge in [0.25, 0.3) is 0 Å². The molecule has 17 heavy (non-hydrogen) atoms. The average molecular weight is 247 g/mol. The lowest BCUT2D eigenvalue weighted by Crippen LogP contribution is -2.58. The number of aliphatic hydroxyl groups excluding tert-OH is 2. The van der Waals surface area contributed by atoms with Crippen molar-refractivity contribution in [2.45, 2.75) is 44.7 Å². The SMILES string of the molecule is CO[C@@H]1CN(C(=O)OC(C)(C)C)C[C@@H](O)[C@H]1O. The lowest BCUT2D eigenvalue weighted by molar-refractivity contribution is -0.121. The number of methoxy groups -OCH3 is 1. The summed E-state index contributed by atoms with van der Waals surface area (Å²) in [6.45, 7) is 5.58. The molecule has 0 radical (unpaired) electrons. The van der Waals surface area contributed by atoms with Crippen LogP contribution in [0.4, 0.5) is 4.79 Å². The zero-order chi connectivity index (χ0) is 13.2. The normalized spacial score (nSPS) is 30.2. The molecule has 0 spiro atoms. The molecule has 100 valence electrons. The second kappa shape index (κ2) is 5.20. The molecule has 0 aromatic rings. The Kier molecular flexibility index (Phi) is 4.35. The fourth-order valence-electron chi connectivity index (χ4n) is 1.67. The Hall–Kier alpha value is -0.850. The lowest BCUT2D eigenvalue weighted by atomic mass is 10.0. The van der Waals surface area contributed by atoms with Crippen molar-refractivity contribution in [3.05, 3.63) is 0 Å². The molecule has 0 saturated carbocycles. The molecule has 1 fully saturated rings. The van der Waals surface area contributed by atoms with Crippen molar-refractivity contribution < 1.29 is 24.5 Å². The van der Waals surface area contributed by atoms with Crippen LogP contribution in [-0.4, -0.2) is 65.3 Å². The minimum absolute atomic E-state index is 0.0515. The van der Waals surface area contributed by atoms with E-state index in [1.54, 1.807) is 20.8 Å². The number of β-amino-alcohol motifs (C(OH)–C–C–N with tert-alkyl or cyclic N) is 1. The summed E-state index contributed by atoms with van der Waals surface area (Å²) in [6, 6.07) is 0. The van der Waals surface area contributed by atoms with Crippen LogP contribution in [0, 0.1) is 0 Å². The number of nitrogens with zero attached hydrogens (tertiary/aromatic N) is 1. The van der Waals surface area contributed by atoms with Crippen LogP contribution in [-0.2, 0) is 9.47 Å². The Balaban J connectivity index is 2.63. The van der Waals surface area contributed by atoms with Gasteiger partial charge in [-0.3, -0.25) is 0 Å². The molecule has 0 unspecified atom stereocenters. The van der Waals surface area contributed by atoms with Crippen molar-refractivity contribution in [1.29, 1.82) is 0 Å². The zero-order valence-corrected chi connectivity index (χ0v) is 10.7. The highest BCUT2D eigenvalue weighted by Crippen LogP contribution is 2.17. The molecule has 1 aliphatic heterocycles. The first kappa shape index (κ1) is 14.2. The highest BCUT2D eigenvalue weighted by Gasteiger charge is 2.38. The monoisotopic (exact) mass is 247 g/mol. The van der Waals surface area contributed by atoms with Crippen LogP contribution in [0.5, 0.6) is 0 Å². The van der Waals surface area contributed by atoms with Crippen molar-refractivity contribution >= 4 is 6.09 Å². The van der Waals surface area contributed by atoms with Gasteiger partial charge in [0.1, 0.15) is 23.9 Å². The largest absolute Gasteiger partial charge is 0.444 e. The maximum Gasteiger partial charge on any atom is 0.410 e. The molecule has 1 aliphatic rings. The molecule has 1 rings (SSSR count). The predicted molar refractivity (Wildman–Crippen MR) is 60.6 cm³/mol. The first-order valence-corrected chi connectivity index (χ1v) is 5.61. The van der Waals surface area contributed by atoms with Crippen LogP contribution in [0.15, 0.2) is 0 Å². The van der Waals surface area contributed by atoms with Gasteiger partial charge in [0.2, 0.25) is 0 Å². The third-order valence-electron chi connectivity index (χ3n) is 2.54. The second-order valence-corrected chi connectivity index (χ2v) is 5.22. The third-order valence-corrected chi connectivity index (χ3v) is 2.54. The third kappa shape index (κ3) is 3.83. The number of ether oxygens (including phenoxy) is 2. The van der Waals surface area contributed by atoms with Crippen molar-refractivity contribution in [3.63, 3.8) is 0 Å². The lowest BCUT2D eigenvalue weighted by Gasteiger charge is -2.38. The highest BCUT2D eigenvalue weighted by molar-refractivity contribution is 5.68. The first-order valence-electron chi connectivity index (χ1n) is 5.61. The van der Waals surface area contributed by atoms with Crippen LogP contribution in [0.2, 0.25) is 0 Å². The van der Waals surface area contributed by atoms with Gasteiger partial charge in [-0.2, -0.15) is 0 Å². The number of hydrogen-bond acceptors (Lipinski definition) is 5. The molecule has 6 heteroatoms. The maximum atomic E-state index is 11.8. The molecule has 3 atom stereocenters. The van der Waals surface area contributed by atoms with E-state index in [-0.39, 0.29) is 13.1 Å². The van der Waals surface area contributed by atoms with Gasteiger partial charge in [-0.25, -0.2) is 4.79 Å². The number of rotatable bonds is 1. The fourth-order valence-corrected chi connectivity index (χ4v) is 1.67. The van der Waals surface area contributed by atoms with E-state index in [0.717, 1.165) is 0 Å². The molecule has 2 N–H and O–H groups in total. The quantitative estimate of drug-likeness (QED) is 0.680. The summed E-state index contributed by atoms with van der Waals surface area (Å²) in [7, 11) is 1.43. The Bertz CT molecular complexity index is 276. The number of carbonyl (C=O) groups is 1. The van der Waals surface area contributed by atoms with Crippen LogP contribution in [0.25, 0.3) is 0 Å². The summed E-state index contributed by atoms with van der Waals surface area (Å²) >= 11 is 0. The van der Waals surface area contributed by atoms with Gasteiger partial charge < -0.3 is 24.6 Å². The Labute approximate surface area is 101 Å². The van der Waals surface area contributed by atoms with Crippen LogP contribution in [0.1, 0.15) is 20.8 Å². The smallest absolute Gasteiger partial charge is 0.410 e. The van der Waals surface area contributed by atoms with E-state index in [9.17, 15) is 15.0 Å². The van der Waals surface area contributed by atoms with Gasteiger partial charge in [0.15, 0.2) is 0 Å². The average Bonchev–Trinajstić information content (AvgIpc) is 2.19. The van der Waals surface area contributed by atoms with Gasteiger partial charge in [-0.15, -0.1) is 0 Å². The molecule has 0 aromatic carbocycles. The number of hydrogen-bond donors (Lipinski definition) is 2. The van der Waals surface area contributed by atoms with E-state index in [4.69, 9.17) is 9.47 Å². The minimum Gasteiger partial charge on any atom is -0.444 e. The maximum absolute atomic E-state index is 11.8. The molecule has 0 aromatic heterocycles. The highest BCUT2D eigenvalue weighted by atomic mass is 16.6. The standard InChI is InChI=1S/C11H21NO5/c1-11(2,3)17-10(15)12-5-7(13)9(14)8(6-12)16-4/h7-9,13-14H,5-6H2,1-4H3/t7-,8-,9-/m1/s1. The number of piperidine rings is 1. The molecular formula is C11H21NO5. The summed E-state index contributed by atoms with van der Waals surface area (Å²) < 4.78 is 10.2. The molecular weight excluding hydrogens is 226 g/mol. The van der Waals surface area contributed by atoms with Crippen LogP contribution in [0.3, 0.4) is 0 Å². The summed E-state index contributed by atoms with van der Waals surface area (Å²) in [5, 5.41) is 19.2. The van der Waals surface area contributed by atoms with Gasteiger partial charge in [-0.05, 0) is 20.8 Å². The van der Waals surface area contributed by atoms with E-state index >= 15 is 0 Å². The minimum atomic E-state index is -1.01. The molecule has 1 saturated heterocycles. The molecule has 0 bridgehead atoms. The summed E-state index contributed by atoms with van der Waals surface area (Å²) in [4.78, 5) is 13.1. The van der Waals surface area contributed by atoms with E-state index in [1.165, 1.54) is 12.0 Å². The van der Waals surface area contributed by atoms with Crippen LogP contribution < -0.4 is 0 Å². The molecule has 1 amide bonds. The topological polar surface area (TPSA) is 79.2 Å².